The van der Waals surface area contributed by atoms with Gasteiger partial charge in [-0.3, -0.25) is 9.36 Å². The van der Waals surface area contributed by atoms with Gasteiger partial charge >= 0.3 is 11.9 Å². The van der Waals surface area contributed by atoms with E-state index in [1.165, 1.54) is 29.9 Å². The minimum Gasteiger partial charge on any atom is -0.465 e. The minimum atomic E-state index is -3.80. The molecule has 1 heterocycles. The highest BCUT2D eigenvalue weighted by Crippen LogP contribution is 2.14. The number of aromatic nitrogens is 1. The molecule has 0 aliphatic heterocycles. The smallest absolute Gasteiger partial charge is 0.348 e. The van der Waals surface area contributed by atoms with Gasteiger partial charge in [-0.05, 0) is 55.3 Å². The van der Waals surface area contributed by atoms with Crippen LogP contribution in [-0.4, -0.2) is 38.6 Å². The van der Waals surface area contributed by atoms with Crippen LogP contribution in [0, 0.1) is 0 Å². The van der Waals surface area contributed by atoms with E-state index in [0.717, 1.165) is 16.9 Å². The second-order valence-corrected chi connectivity index (χ2v) is 9.76. The van der Waals surface area contributed by atoms with Crippen LogP contribution in [0.1, 0.15) is 32.5 Å². The number of sulfonamides is 1. The Morgan fingerprint density at radius 3 is 2.29 bits per heavy atom. The topological polar surface area (TPSA) is 147 Å². The van der Waals surface area contributed by atoms with E-state index in [2.05, 4.69) is 4.99 Å². The molecule has 35 heavy (non-hydrogen) atoms. The SMILES string of the molecule is CCOC(=O)c1ccc(N=c2sc(C(=O)OC)cc(=O)n2CCc2ccc(S(N)(=O)=O)cc2)cc1. The molecule has 0 aliphatic carbocycles. The second kappa shape index (κ2) is 11.2. The van der Waals surface area contributed by atoms with E-state index in [0.29, 0.717) is 17.7 Å². The molecule has 3 rings (SSSR count). The average molecular weight is 518 g/mol. The predicted molar refractivity (Wildman–Crippen MR) is 129 cm³/mol. The maximum atomic E-state index is 12.8. The van der Waals surface area contributed by atoms with Crippen LogP contribution in [0.3, 0.4) is 0 Å². The van der Waals surface area contributed by atoms with Gasteiger partial charge in [0.1, 0.15) is 4.88 Å². The molecule has 12 heteroatoms. The first-order valence-corrected chi connectivity index (χ1v) is 12.8. The molecule has 0 atom stereocenters. The van der Waals surface area contributed by atoms with Crippen molar-refractivity contribution in [3.05, 3.63) is 85.8 Å². The number of benzene rings is 2. The highest BCUT2D eigenvalue weighted by molar-refractivity contribution is 7.89. The molecule has 0 saturated heterocycles. The summed E-state index contributed by atoms with van der Waals surface area (Å²) in [5.41, 5.74) is 1.14. The van der Waals surface area contributed by atoms with Crippen molar-refractivity contribution >= 4 is 39.0 Å². The van der Waals surface area contributed by atoms with Gasteiger partial charge in [-0.25, -0.2) is 28.1 Å². The third-order valence-corrected chi connectivity index (χ3v) is 6.75. The Hall–Kier alpha value is -3.61. The number of rotatable bonds is 8. The zero-order valence-electron chi connectivity index (χ0n) is 19.0. The van der Waals surface area contributed by atoms with Crippen LogP contribution in [0.4, 0.5) is 5.69 Å². The third kappa shape index (κ3) is 6.72. The standard InChI is InChI=1S/C23H23N3O7S2/c1-3-33-21(28)16-6-8-17(9-7-16)25-23-26(20(27)14-19(34-23)22(29)32-2)13-12-15-4-10-18(11-5-15)35(24,30)31/h4-11,14H,3,12-13H2,1-2H3,(H2,24,30,31). The minimum absolute atomic E-state index is 0.00924. The quantitative estimate of drug-likeness (QED) is 0.449. The highest BCUT2D eigenvalue weighted by atomic mass is 32.2. The maximum absolute atomic E-state index is 12.8. The van der Waals surface area contributed by atoms with E-state index >= 15 is 0 Å². The molecule has 0 saturated carbocycles. The van der Waals surface area contributed by atoms with Gasteiger partial charge < -0.3 is 9.47 Å². The molecular weight excluding hydrogens is 494 g/mol. The van der Waals surface area contributed by atoms with E-state index in [1.807, 2.05) is 0 Å². The fourth-order valence-corrected chi connectivity index (χ4v) is 4.52. The summed E-state index contributed by atoms with van der Waals surface area (Å²) >= 11 is 0.985. The van der Waals surface area contributed by atoms with Gasteiger partial charge in [0.2, 0.25) is 10.0 Å². The molecule has 0 amide bonds. The second-order valence-electron chi connectivity index (χ2n) is 7.19. The number of nitrogens with zero attached hydrogens (tertiary/aromatic N) is 2. The van der Waals surface area contributed by atoms with E-state index in [9.17, 15) is 22.8 Å². The summed E-state index contributed by atoms with van der Waals surface area (Å²) in [4.78, 5) is 41.6. The van der Waals surface area contributed by atoms with Crippen LogP contribution >= 0.6 is 11.3 Å². The lowest BCUT2D eigenvalue weighted by Crippen LogP contribution is -2.33. The van der Waals surface area contributed by atoms with Crippen LogP contribution in [-0.2, 0) is 32.5 Å². The summed E-state index contributed by atoms with van der Waals surface area (Å²) in [5, 5.41) is 5.13. The molecule has 0 fully saturated rings. The van der Waals surface area contributed by atoms with Crippen LogP contribution in [0.5, 0.6) is 0 Å². The van der Waals surface area contributed by atoms with Crippen molar-refractivity contribution in [3.63, 3.8) is 0 Å². The molecule has 10 nitrogen and oxygen atoms in total. The fourth-order valence-electron chi connectivity index (χ4n) is 3.04. The number of hydrogen-bond donors (Lipinski definition) is 1. The molecule has 0 radical (unpaired) electrons. The van der Waals surface area contributed by atoms with Gasteiger partial charge in [0, 0.05) is 12.6 Å². The molecule has 2 aromatic carbocycles. The molecular formula is C23H23N3O7S2. The number of esters is 2. The predicted octanol–water partition coefficient (Wildman–Crippen LogP) is 2.00. The van der Waals surface area contributed by atoms with E-state index in [-0.39, 0.29) is 27.7 Å². The number of primary sulfonamides is 1. The Bertz CT molecular complexity index is 1460. The summed E-state index contributed by atoms with van der Waals surface area (Å²) in [6.45, 7) is 2.18. The molecule has 0 bridgehead atoms. The van der Waals surface area contributed by atoms with Crippen LogP contribution < -0.4 is 15.5 Å². The molecule has 0 aliphatic rings. The number of hydrogen-bond acceptors (Lipinski definition) is 9. The molecule has 3 aromatic rings. The van der Waals surface area contributed by atoms with Gasteiger partial charge in [-0.2, -0.15) is 0 Å². The lowest BCUT2D eigenvalue weighted by molar-refractivity contribution is 0.0525. The van der Waals surface area contributed by atoms with E-state index < -0.39 is 27.5 Å². The van der Waals surface area contributed by atoms with Crippen LogP contribution in [0.15, 0.2) is 69.3 Å². The number of carbonyl (C=O) groups excluding carboxylic acids is 2. The van der Waals surface area contributed by atoms with Crippen molar-refractivity contribution in [1.82, 2.24) is 4.57 Å². The average Bonchev–Trinajstić information content (AvgIpc) is 2.83. The maximum Gasteiger partial charge on any atom is 0.348 e. The van der Waals surface area contributed by atoms with Gasteiger partial charge in [0.25, 0.3) is 5.56 Å². The first kappa shape index (κ1) is 26.0. The lowest BCUT2D eigenvalue weighted by Gasteiger charge is -2.09. The lowest BCUT2D eigenvalue weighted by atomic mass is 10.1. The molecule has 0 unspecified atom stereocenters. The summed E-state index contributed by atoms with van der Waals surface area (Å²) in [6, 6.07) is 13.5. The van der Waals surface area contributed by atoms with E-state index in [1.54, 1.807) is 43.3 Å². The normalized spacial score (nSPS) is 11.8. The highest BCUT2D eigenvalue weighted by Gasteiger charge is 2.13. The Morgan fingerprint density at radius 1 is 1.06 bits per heavy atom. The number of aryl methyl sites for hydroxylation is 1. The van der Waals surface area contributed by atoms with Gasteiger partial charge in [-0.15, -0.1) is 0 Å². The van der Waals surface area contributed by atoms with Crippen molar-refractivity contribution in [1.29, 1.82) is 0 Å². The van der Waals surface area contributed by atoms with Crippen molar-refractivity contribution in [2.45, 2.75) is 24.8 Å². The van der Waals surface area contributed by atoms with E-state index in [4.69, 9.17) is 14.6 Å². The number of ether oxygens (including phenoxy) is 2. The Labute approximate surface area is 205 Å². The summed E-state index contributed by atoms with van der Waals surface area (Å²) in [5.74, 6) is -1.12. The molecule has 184 valence electrons. The number of carbonyl (C=O) groups is 2. The van der Waals surface area contributed by atoms with Crippen molar-refractivity contribution in [2.24, 2.45) is 10.1 Å². The Morgan fingerprint density at radius 2 is 1.71 bits per heavy atom. The fraction of sp³-hybridized carbons (Fsp3) is 0.217. The Balaban J connectivity index is 1.97. The monoisotopic (exact) mass is 517 g/mol. The van der Waals surface area contributed by atoms with Crippen molar-refractivity contribution < 1.29 is 27.5 Å². The number of methoxy groups -OCH3 is 1. The largest absolute Gasteiger partial charge is 0.465 e. The van der Waals surface area contributed by atoms with Crippen LogP contribution in [0.25, 0.3) is 0 Å². The molecule has 1 aromatic heterocycles. The third-order valence-electron chi connectivity index (χ3n) is 4.82. The zero-order valence-corrected chi connectivity index (χ0v) is 20.6. The van der Waals surface area contributed by atoms with Gasteiger partial charge in [0.05, 0.1) is 29.9 Å². The van der Waals surface area contributed by atoms with Crippen molar-refractivity contribution in [3.8, 4) is 0 Å². The van der Waals surface area contributed by atoms with Crippen LogP contribution in [0.2, 0.25) is 0 Å². The van der Waals surface area contributed by atoms with Gasteiger partial charge in [-0.1, -0.05) is 23.5 Å². The van der Waals surface area contributed by atoms with Gasteiger partial charge in [0.15, 0.2) is 4.80 Å². The number of nitrogens with two attached hydrogens (primary N) is 1. The summed E-state index contributed by atoms with van der Waals surface area (Å²) in [6.07, 6.45) is 0.388. The first-order chi connectivity index (χ1) is 16.6. The van der Waals surface area contributed by atoms with Crippen molar-refractivity contribution in [2.75, 3.05) is 13.7 Å². The summed E-state index contributed by atoms with van der Waals surface area (Å²) in [7, 11) is -2.58. The first-order valence-electron chi connectivity index (χ1n) is 10.4. The molecule has 0 spiro atoms. The zero-order chi connectivity index (χ0) is 25.6. The molecule has 2 N–H and O–H groups in total. The summed E-state index contributed by atoms with van der Waals surface area (Å²) < 4.78 is 34.0. The Kier molecular flexibility index (Phi) is 8.33.